The van der Waals surface area contributed by atoms with Crippen LogP contribution in [-0.4, -0.2) is 34.3 Å². The zero-order valence-electron chi connectivity index (χ0n) is 15.0. The van der Waals surface area contributed by atoms with Crippen molar-refractivity contribution in [3.05, 3.63) is 57.3 Å². The highest BCUT2D eigenvalue weighted by Crippen LogP contribution is 2.59. The topological polar surface area (TPSA) is 87.1 Å². The Hall–Kier alpha value is -2.03. The SMILES string of the molecule is O=C(O)N[C@@]1(c2ncnc3c(Br)csc23)c2ccccc2CC12CCNCC2. The average molecular weight is 459 g/mol. The fourth-order valence-electron chi connectivity index (χ4n) is 5.17. The molecule has 2 aliphatic rings. The highest BCUT2D eigenvalue weighted by molar-refractivity contribution is 9.10. The molecule has 3 aromatic rings. The molecule has 2 aromatic heterocycles. The van der Waals surface area contributed by atoms with Gasteiger partial charge in [-0.05, 0) is 59.4 Å². The molecular weight excluding hydrogens is 440 g/mol. The average Bonchev–Trinajstić information content (AvgIpc) is 3.19. The number of amides is 1. The number of carbonyl (C=O) groups is 1. The standard InChI is InChI=1S/C20H19BrN4O2S/c21-14-10-28-16-15(14)23-11-24-17(16)20(25-18(26)27)13-4-2-1-3-12(13)9-19(20)5-7-22-8-6-19/h1-4,10-11,22,25H,5-9H2,(H,26,27)/t20-/m1/s1. The summed E-state index contributed by atoms with van der Waals surface area (Å²) in [6.07, 6.45) is 3.11. The normalized spacial score (nSPS) is 23.0. The van der Waals surface area contributed by atoms with Crippen molar-refractivity contribution in [3.63, 3.8) is 0 Å². The van der Waals surface area contributed by atoms with Crippen LogP contribution in [0, 0.1) is 5.41 Å². The van der Waals surface area contributed by atoms with E-state index in [4.69, 9.17) is 4.98 Å². The molecule has 1 amide bonds. The molecule has 8 heteroatoms. The van der Waals surface area contributed by atoms with Gasteiger partial charge in [-0.3, -0.25) is 0 Å². The number of fused-ring (bicyclic) bond motifs is 2. The van der Waals surface area contributed by atoms with Gasteiger partial charge in [-0.1, -0.05) is 24.3 Å². The second-order valence-corrected chi connectivity index (χ2v) is 9.26. The van der Waals surface area contributed by atoms with Crippen LogP contribution in [0.1, 0.15) is 29.7 Å². The number of benzene rings is 1. The fraction of sp³-hybridized carbons (Fsp3) is 0.350. The van der Waals surface area contributed by atoms with Crippen LogP contribution in [0.3, 0.4) is 0 Å². The van der Waals surface area contributed by atoms with Crippen LogP contribution in [0.4, 0.5) is 4.79 Å². The van der Waals surface area contributed by atoms with Crippen molar-refractivity contribution in [2.75, 3.05) is 13.1 Å². The molecule has 144 valence electrons. The Balaban J connectivity index is 1.88. The van der Waals surface area contributed by atoms with Gasteiger partial charge < -0.3 is 15.7 Å². The molecule has 5 rings (SSSR count). The second-order valence-electron chi connectivity index (χ2n) is 7.53. The number of aromatic nitrogens is 2. The van der Waals surface area contributed by atoms with E-state index in [0.29, 0.717) is 0 Å². The quantitative estimate of drug-likeness (QED) is 0.542. The van der Waals surface area contributed by atoms with Crippen molar-refractivity contribution in [2.45, 2.75) is 24.8 Å². The summed E-state index contributed by atoms with van der Waals surface area (Å²) in [5, 5.41) is 18.3. The Labute approximate surface area is 174 Å². The summed E-state index contributed by atoms with van der Waals surface area (Å²) in [7, 11) is 0. The minimum atomic E-state index is -1.03. The van der Waals surface area contributed by atoms with Gasteiger partial charge in [0.15, 0.2) is 0 Å². The molecule has 0 bridgehead atoms. The van der Waals surface area contributed by atoms with Crippen LogP contribution in [0.25, 0.3) is 10.2 Å². The van der Waals surface area contributed by atoms with E-state index in [1.807, 2.05) is 17.5 Å². The number of piperidine rings is 1. The first kappa shape index (κ1) is 18.0. The van der Waals surface area contributed by atoms with Gasteiger partial charge in [-0.2, -0.15) is 0 Å². The van der Waals surface area contributed by atoms with Crippen molar-refractivity contribution in [3.8, 4) is 0 Å². The Morgan fingerprint density at radius 1 is 1.25 bits per heavy atom. The van der Waals surface area contributed by atoms with E-state index in [1.165, 1.54) is 5.56 Å². The van der Waals surface area contributed by atoms with Crippen molar-refractivity contribution >= 4 is 43.6 Å². The van der Waals surface area contributed by atoms with E-state index in [9.17, 15) is 9.90 Å². The molecule has 1 aliphatic carbocycles. The van der Waals surface area contributed by atoms with Crippen molar-refractivity contribution < 1.29 is 9.90 Å². The highest BCUT2D eigenvalue weighted by Gasteiger charge is 2.61. The first-order valence-electron chi connectivity index (χ1n) is 9.26. The van der Waals surface area contributed by atoms with E-state index >= 15 is 0 Å². The van der Waals surface area contributed by atoms with Gasteiger partial charge in [0.1, 0.15) is 11.9 Å². The molecule has 1 aliphatic heterocycles. The van der Waals surface area contributed by atoms with Crippen molar-refractivity contribution in [1.29, 1.82) is 0 Å². The van der Waals surface area contributed by atoms with Crippen LogP contribution in [-0.2, 0) is 12.0 Å². The van der Waals surface area contributed by atoms with E-state index in [-0.39, 0.29) is 5.41 Å². The summed E-state index contributed by atoms with van der Waals surface area (Å²) in [6, 6.07) is 8.19. The Bertz CT molecular complexity index is 1080. The maximum Gasteiger partial charge on any atom is 0.405 e. The van der Waals surface area contributed by atoms with Gasteiger partial charge in [0, 0.05) is 10.8 Å². The monoisotopic (exact) mass is 458 g/mol. The summed E-state index contributed by atoms with van der Waals surface area (Å²) in [4.78, 5) is 21.3. The molecule has 6 nitrogen and oxygen atoms in total. The number of nitrogens with one attached hydrogen (secondary N) is 2. The van der Waals surface area contributed by atoms with Crippen LogP contribution in [0.2, 0.25) is 0 Å². The lowest BCUT2D eigenvalue weighted by atomic mass is 9.63. The number of carboxylic acid groups (broad SMARTS) is 1. The molecule has 0 radical (unpaired) electrons. The highest BCUT2D eigenvalue weighted by atomic mass is 79.9. The predicted molar refractivity (Wildman–Crippen MR) is 112 cm³/mol. The summed E-state index contributed by atoms with van der Waals surface area (Å²) in [5.41, 5.74) is 2.64. The first-order valence-corrected chi connectivity index (χ1v) is 10.9. The van der Waals surface area contributed by atoms with Gasteiger partial charge in [0.05, 0.1) is 20.4 Å². The van der Waals surface area contributed by atoms with Gasteiger partial charge in [-0.25, -0.2) is 14.8 Å². The Morgan fingerprint density at radius 2 is 2.04 bits per heavy atom. The minimum Gasteiger partial charge on any atom is -0.465 e. The Kier molecular flexibility index (Phi) is 4.19. The smallest absolute Gasteiger partial charge is 0.405 e. The maximum atomic E-state index is 12.1. The van der Waals surface area contributed by atoms with Crippen molar-refractivity contribution in [1.82, 2.24) is 20.6 Å². The van der Waals surface area contributed by atoms with E-state index in [0.717, 1.165) is 58.3 Å². The lowest BCUT2D eigenvalue weighted by Crippen LogP contribution is -2.59. The summed E-state index contributed by atoms with van der Waals surface area (Å²) in [5.74, 6) is 0. The summed E-state index contributed by atoms with van der Waals surface area (Å²) >= 11 is 5.13. The van der Waals surface area contributed by atoms with Gasteiger partial charge in [0.2, 0.25) is 0 Å². The molecule has 1 aromatic carbocycles. The van der Waals surface area contributed by atoms with E-state index < -0.39 is 11.6 Å². The van der Waals surface area contributed by atoms with Gasteiger partial charge in [0.25, 0.3) is 0 Å². The molecule has 0 saturated carbocycles. The number of thiophene rings is 1. The third kappa shape index (κ3) is 2.38. The van der Waals surface area contributed by atoms with Gasteiger partial charge in [-0.15, -0.1) is 11.3 Å². The Morgan fingerprint density at radius 3 is 2.82 bits per heavy atom. The zero-order chi connectivity index (χ0) is 19.4. The molecule has 3 N–H and O–H groups in total. The van der Waals surface area contributed by atoms with Crippen LogP contribution < -0.4 is 10.6 Å². The lowest BCUT2D eigenvalue weighted by Gasteiger charge is -2.48. The second kappa shape index (κ2) is 6.50. The molecule has 0 unspecified atom stereocenters. The molecule has 28 heavy (non-hydrogen) atoms. The van der Waals surface area contributed by atoms with E-state index in [2.05, 4.69) is 43.7 Å². The zero-order valence-corrected chi connectivity index (χ0v) is 17.4. The number of nitrogens with zero attached hydrogens (tertiary/aromatic N) is 2. The third-order valence-electron chi connectivity index (χ3n) is 6.27. The first-order chi connectivity index (χ1) is 13.6. The van der Waals surface area contributed by atoms with E-state index in [1.54, 1.807) is 17.7 Å². The predicted octanol–water partition coefficient (Wildman–Crippen LogP) is 3.89. The number of hydrogen-bond acceptors (Lipinski definition) is 5. The van der Waals surface area contributed by atoms with Crippen molar-refractivity contribution in [2.24, 2.45) is 5.41 Å². The lowest BCUT2D eigenvalue weighted by molar-refractivity contribution is 0.0834. The molecule has 1 spiro atoms. The van der Waals surface area contributed by atoms with Crippen LogP contribution in [0.5, 0.6) is 0 Å². The van der Waals surface area contributed by atoms with Gasteiger partial charge >= 0.3 is 6.09 Å². The summed E-state index contributed by atoms with van der Waals surface area (Å²) < 4.78 is 1.84. The summed E-state index contributed by atoms with van der Waals surface area (Å²) in [6.45, 7) is 1.72. The molecule has 1 fully saturated rings. The fourth-order valence-corrected chi connectivity index (χ4v) is 6.80. The van der Waals surface area contributed by atoms with Crippen LogP contribution in [0.15, 0.2) is 40.4 Å². The number of halogens is 1. The largest absolute Gasteiger partial charge is 0.465 e. The molecule has 1 saturated heterocycles. The third-order valence-corrected chi connectivity index (χ3v) is 8.15. The minimum absolute atomic E-state index is 0.266. The number of hydrogen-bond donors (Lipinski definition) is 3. The molecular formula is C20H19BrN4O2S. The maximum absolute atomic E-state index is 12.1. The van der Waals surface area contributed by atoms with Crippen LogP contribution >= 0.6 is 27.3 Å². The molecule has 1 atom stereocenters. The molecule has 3 heterocycles. The number of rotatable bonds is 2.